The number of thioether (sulfide) groups is 1. The topological polar surface area (TPSA) is 110 Å². The van der Waals surface area contributed by atoms with Crippen LogP contribution in [-0.2, 0) is 20.9 Å². The van der Waals surface area contributed by atoms with Crippen molar-refractivity contribution in [3.8, 4) is 11.5 Å². The maximum atomic E-state index is 13.6. The Labute approximate surface area is 290 Å². The van der Waals surface area contributed by atoms with Crippen LogP contribution in [0.5, 0.6) is 11.5 Å². The Kier molecular flexibility index (Phi) is 12.8. The first kappa shape index (κ1) is 35.3. The maximum absolute atomic E-state index is 13.6. The van der Waals surface area contributed by atoms with Gasteiger partial charge in [-0.1, -0.05) is 23.7 Å². The second kappa shape index (κ2) is 17.4. The molecule has 1 fully saturated rings. The molecule has 5 rings (SSSR count). The first-order valence-electron chi connectivity index (χ1n) is 16.3. The standard InChI is InChI=1S/C37H42ClN3O6S/c1-25-35(32-22-29(45-2)13-14-33(32)40-25)31(37(44)47-36(43)27-9-11-28(38)12-10-27)15-20-48-24-34(42)39-16-6-19-46-30-8-5-7-26(21-30)23-41-17-3-4-18-41/h5,7-14,21-22,31,40H,3-4,6,15-20,23-24H2,1-2H3,(H,39,42). The van der Waals surface area contributed by atoms with Crippen molar-refractivity contribution in [3.63, 3.8) is 0 Å². The van der Waals surface area contributed by atoms with Gasteiger partial charge < -0.3 is 24.5 Å². The largest absolute Gasteiger partial charge is 0.497 e. The van der Waals surface area contributed by atoms with Crippen molar-refractivity contribution in [2.45, 2.75) is 45.1 Å². The molecule has 0 saturated carbocycles. The van der Waals surface area contributed by atoms with Crippen molar-refractivity contribution in [2.24, 2.45) is 0 Å². The molecule has 1 atom stereocenters. The first-order valence-corrected chi connectivity index (χ1v) is 17.8. The van der Waals surface area contributed by atoms with Gasteiger partial charge in [0.15, 0.2) is 0 Å². The lowest BCUT2D eigenvalue weighted by Gasteiger charge is -2.16. The molecule has 1 unspecified atom stereocenters. The smallest absolute Gasteiger partial charge is 0.345 e. The Hall–Kier alpha value is -3.99. The maximum Gasteiger partial charge on any atom is 0.345 e. The summed E-state index contributed by atoms with van der Waals surface area (Å²) in [7, 11) is 1.58. The van der Waals surface area contributed by atoms with Crippen LogP contribution >= 0.6 is 23.4 Å². The Morgan fingerprint density at radius 3 is 2.58 bits per heavy atom. The number of nitrogens with one attached hydrogen (secondary N) is 2. The summed E-state index contributed by atoms with van der Waals surface area (Å²) in [6, 6.07) is 20.0. The highest BCUT2D eigenvalue weighted by Crippen LogP contribution is 2.35. The van der Waals surface area contributed by atoms with Crippen molar-refractivity contribution in [3.05, 3.63) is 94.1 Å². The lowest BCUT2D eigenvalue weighted by molar-refractivity contribution is -0.139. The Bertz CT molecular complexity index is 1700. The number of H-pyrrole nitrogens is 1. The van der Waals surface area contributed by atoms with Crippen LogP contribution < -0.4 is 14.8 Å². The fraction of sp³-hybridized carbons (Fsp3) is 0.378. The van der Waals surface area contributed by atoms with E-state index in [1.165, 1.54) is 42.3 Å². The van der Waals surface area contributed by atoms with Gasteiger partial charge in [0.1, 0.15) is 11.5 Å². The molecule has 254 valence electrons. The summed E-state index contributed by atoms with van der Waals surface area (Å²) in [6.45, 7) is 6.16. The molecule has 0 spiro atoms. The molecule has 9 nitrogen and oxygen atoms in total. The highest BCUT2D eigenvalue weighted by Gasteiger charge is 2.29. The third-order valence-electron chi connectivity index (χ3n) is 8.35. The summed E-state index contributed by atoms with van der Waals surface area (Å²) >= 11 is 7.38. The number of hydrogen-bond acceptors (Lipinski definition) is 8. The number of carbonyl (C=O) groups excluding carboxylic acids is 3. The molecule has 0 radical (unpaired) electrons. The number of halogens is 1. The fourth-order valence-electron chi connectivity index (χ4n) is 5.93. The lowest BCUT2D eigenvalue weighted by atomic mass is 9.93. The predicted octanol–water partition coefficient (Wildman–Crippen LogP) is 6.91. The van der Waals surface area contributed by atoms with Crippen LogP contribution in [0.25, 0.3) is 10.9 Å². The summed E-state index contributed by atoms with van der Waals surface area (Å²) in [6.07, 6.45) is 3.58. The van der Waals surface area contributed by atoms with Gasteiger partial charge in [-0.3, -0.25) is 14.5 Å². The number of aromatic nitrogens is 1. The Morgan fingerprint density at radius 2 is 1.81 bits per heavy atom. The van der Waals surface area contributed by atoms with Gasteiger partial charge in [0.2, 0.25) is 5.91 Å². The zero-order valence-corrected chi connectivity index (χ0v) is 29.0. The molecule has 48 heavy (non-hydrogen) atoms. The molecule has 2 N–H and O–H groups in total. The van der Waals surface area contributed by atoms with E-state index in [1.54, 1.807) is 19.2 Å². The Morgan fingerprint density at radius 1 is 1.02 bits per heavy atom. The summed E-state index contributed by atoms with van der Waals surface area (Å²) < 4.78 is 16.7. The number of esters is 2. The van der Waals surface area contributed by atoms with E-state index in [2.05, 4.69) is 27.3 Å². The van der Waals surface area contributed by atoms with Gasteiger partial charge in [0.05, 0.1) is 31.0 Å². The van der Waals surface area contributed by atoms with Crippen LogP contribution in [0.4, 0.5) is 0 Å². The molecular weight excluding hydrogens is 650 g/mol. The zero-order valence-electron chi connectivity index (χ0n) is 27.4. The van der Waals surface area contributed by atoms with Gasteiger partial charge in [-0.05, 0) is 117 Å². The van der Waals surface area contributed by atoms with Crippen LogP contribution in [0.1, 0.15) is 58.8 Å². The number of aromatic amines is 1. The van der Waals surface area contributed by atoms with Crippen molar-refractivity contribution in [1.29, 1.82) is 0 Å². The number of rotatable bonds is 16. The molecule has 2 heterocycles. The van der Waals surface area contributed by atoms with Crippen molar-refractivity contribution in [2.75, 3.05) is 44.9 Å². The summed E-state index contributed by atoms with van der Waals surface area (Å²) in [5.74, 6) is -0.00631. The molecule has 0 aliphatic carbocycles. The third-order valence-corrected chi connectivity index (χ3v) is 9.59. The van der Waals surface area contributed by atoms with Crippen LogP contribution in [0.2, 0.25) is 5.02 Å². The number of nitrogens with zero attached hydrogens (tertiary/aromatic N) is 1. The number of ether oxygens (including phenoxy) is 3. The average Bonchev–Trinajstić information content (AvgIpc) is 3.71. The van der Waals surface area contributed by atoms with E-state index in [0.717, 1.165) is 47.5 Å². The van der Waals surface area contributed by atoms with Crippen molar-refractivity contribution in [1.82, 2.24) is 15.2 Å². The zero-order chi connectivity index (χ0) is 33.9. The molecule has 1 aliphatic rings. The molecule has 1 saturated heterocycles. The van der Waals surface area contributed by atoms with Crippen LogP contribution in [-0.4, -0.2) is 72.6 Å². The summed E-state index contributed by atoms with van der Waals surface area (Å²) in [4.78, 5) is 44.8. The van der Waals surface area contributed by atoms with E-state index in [-0.39, 0.29) is 17.2 Å². The normalized spacial score (nSPS) is 13.7. The van der Waals surface area contributed by atoms with E-state index in [9.17, 15) is 14.4 Å². The van der Waals surface area contributed by atoms with Gasteiger partial charge >= 0.3 is 11.9 Å². The SMILES string of the molecule is COc1ccc2[nH]c(C)c(C(CCSCC(=O)NCCCOc3cccc(CN4CCCC4)c3)C(=O)OC(=O)c3ccc(Cl)cc3)c2c1. The lowest BCUT2D eigenvalue weighted by Crippen LogP contribution is -2.27. The van der Waals surface area contributed by atoms with Gasteiger partial charge in [-0.15, -0.1) is 0 Å². The van der Waals surface area contributed by atoms with Gasteiger partial charge in [-0.25, -0.2) is 4.79 Å². The van der Waals surface area contributed by atoms with E-state index >= 15 is 0 Å². The molecule has 4 aromatic rings. The van der Waals surface area contributed by atoms with Crippen LogP contribution in [0.15, 0.2) is 66.7 Å². The molecule has 0 bridgehead atoms. The van der Waals surface area contributed by atoms with Gasteiger partial charge in [0.25, 0.3) is 0 Å². The van der Waals surface area contributed by atoms with E-state index in [1.807, 2.05) is 37.3 Å². The minimum atomic E-state index is -0.748. The second-order valence-corrected chi connectivity index (χ2v) is 13.4. The van der Waals surface area contributed by atoms with Gasteiger partial charge in [0, 0.05) is 34.7 Å². The predicted molar refractivity (Wildman–Crippen MR) is 190 cm³/mol. The molecule has 11 heteroatoms. The number of fused-ring (bicyclic) bond motifs is 1. The molecule has 1 aromatic heterocycles. The number of carbonyl (C=O) groups is 3. The van der Waals surface area contributed by atoms with Crippen LogP contribution in [0, 0.1) is 6.92 Å². The monoisotopic (exact) mass is 691 g/mol. The minimum absolute atomic E-state index is 0.0855. The van der Waals surface area contributed by atoms with Crippen LogP contribution in [0.3, 0.4) is 0 Å². The number of amides is 1. The molecule has 1 amide bonds. The van der Waals surface area contributed by atoms with Crippen molar-refractivity contribution >= 4 is 52.1 Å². The first-order chi connectivity index (χ1) is 23.3. The quantitative estimate of drug-likeness (QED) is 0.0741. The number of methoxy groups -OCH3 is 1. The second-order valence-electron chi connectivity index (χ2n) is 11.9. The highest BCUT2D eigenvalue weighted by molar-refractivity contribution is 7.99. The van der Waals surface area contributed by atoms with E-state index in [4.69, 9.17) is 25.8 Å². The van der Waals surface area contributed by atoms with Crippen molar-refractivity contribution < 1.29 is 28.6 Å². The van der Waals surface area contributed by atoms with Gasteiger partial charge in [-0.2, -0.15) is 11.8 Å². The molecule has 1 aliphatic heterocycles. The highest BCUT2D eigenvalue weighted by atomic mass is 35.5. The van der Waals surface area contributed by atoms with E-state index in [0.29, 0.717) is 42.5 Å². The van der Waals surface area contributed by atoms with E-state index < -0.39 is 17.9 Å². The molecule has 3 aromatic carbocycles. The minimum Gasteiger partial charge on any atom is -0.497 e. The fourth-order valence-corrected chi connectivity index (χ4v) is 6.89. The number of benzene rings is 3. The Balaban J connectivity index is 1.11. The number of hydrogen-bond donors (Lipinski definition) is 2. The average molecular weight is 692 g/mol. The summed E-state index contributed by atoms with van der Waals surface area (Å²) in [5.41, 5.74) is 3.86. The summed E-state index contributed by atoms with van der Waals surface area (Å²) in [5, 5.41) is 4.24. The number of aryl methyl sites for hydroxylation is 1. The number of likely N-dealkylation sites (tertiary alicyclic amines) is 1. The third kappa shape index (κ3) is 9.78. The molecular formula is C37H42ClN3O6S.